The molecule has 150 valence electrons. The molecule has 0 aliphatic carbocycles. The van der Waals surface area contributed by atoms with Gasteiger partial charge < -0.3 is 9.47 Å². The number of benzene rings is 2. The van der Waals surface area contributed by atoms with Crippen molar-refractivity contribution in [2.24, 2.45) is 0 Å². The Labute approximate surface area is 176 Å². The number of anilines is 1. The minimum Gasteiger partial charge on any atom is -0.493 e. The Morgan fingerprint density at radius 3 is 2.52 bits per heavy atom. The Hall–Kier alpha value is -2.62. The van der Waals surface area contributed by atoms with Gasteiger partial charge in [-0.05, 0) is 42.1 Å². The first kappa shape index (κ1) is 19.7. The Morgan fingerprint density at radius 1 is 1.03 bits per heavy atom. The number of hydrogen-bond acceptors (Lipinski definition) is 7. The Balaban J connectivity index is 1.73. The third-order valence-corrected chi connectivity index (χ3v) is 7.92. The summed E-state index contributed by atoms with van der Waals surface area (Å²) in [5.41, 5.74) is 2.67. The maximum atomic E-state index is 13.0. The number of ether oxygens (including phenoxy) is 2. The lowest BCUT2D eigenvalue weighted by Gasteiger charge is -2.11. The molecule has 0 bridgehead atoms. The first-order valence-electron chi connectivity index (χ1n) is 8.62. The SMILES string of the molecule is COc1ccc(S(=O)(=O)Nc2scc(C)c2-c2nc3ccccc3s2)cc1OC. The quantitative estimate of drug-likeness (QED) is 0.443. The second-order valence-electron chi connectivity index (χ2n) is 6.23. The summed E-state index contributed by atoms with van der Waals surface area (Å²) in [6.45, 7) is 1.95. The van der Waals surface area contributed by atoms with Crippen molar-refractivity contribution >= 4 is 47.9 Å². The van der Waals surface area contributed by atoms with Gasteiger partial charge in [-0.15, -0.1) is 22.7 Å². The van der Waals surface area contributed by atoms with E-state index in [-0.39, 0.29) is 4.90 Å². The van der Waals surface area contributed by atoms with E-state index in [9.17, 15) is 8.42 Å². The van der Waals surface area contributed by atoms with E-state index in [1.165, 1.54) is 37.7 Å². The highest BCUT2D eigenvalue weighted by molar-refractivity contribution is 7.93. The predicted molar refractivity (Wildman–Crippen MR) is 118 cm³/mol. The second-order valence-corrected chi connectivity index (χ2v) is 9.82. The van der Waals surface area contributed by atoms with Crippen molar-refractivity contribution in [2.75, 3.05) is 18.9 Å². The second kappa shape index (κ2) is 7.66. The van der Waals surface area contributed by atoms with Crippen molar-refractivity contribution < 1.29 is 17.9 Å². The van der Waals surface area contributed by atoms with Gasteiger partial charge in [0.2, 0.25) is 0 Å². The third kappa shape index (κ3) is 3.68. The van der Waals surface area contributed by atoms with Gasteiger partial charge in [0.15, 0.2) is 11.5 Å². The van der Waals surface area contributed by atoms with Gasteiger partial charge in [-0.3, -0.25) is 4.72 Å². The third-order valence-electron chi connectivity index (χ3n) is 4.38. The van der Waals surface area contributed by atoms with Crippen LogP contribution in [-0.4, -0.2) is 27.6 Å². The van der Waals surface area contributed by atoms with E-state index in [1.54, 1.807) is 17.4 Å². The molecule has 0 unspecified atom stereocenters. The van der Waals surface area contributed by atoms with Crippen LogP contribution in [0.3, 0.4) is 0 Å². The zero-order valence-electron chi connectivity index (χ0n) is 15.9. The van der Waals surface area contributed by atoms with Gasteiger partial charge in [0.05, 0.1) is 29.3 Å². The standard InChI is InChI=1S/C20H18N2O4S3/c1-12-11-27-20(18(12)19-21-14-6-4-5-7-17(14)28-19)22-29(23,24)13-8-9-15(25-2)16(10-13)26-3/h4-11,22H,1-3H3. The Bertz CT molecular complexity index is 1260. The van der Waals surface area contributed by atoms with E-state index < -0.39 is 10.0 Å². The highest BCUT2D eigenvalue weighted by atomic mass is 32.2. The molecule has 0 aliphatic heterocycles. The fourth-order valence-electron chi connectivity index (χ4n) is 2.93. The summed E-state index contributed by atoms with van der Waals surface area (Å²) in [6, 6.07) is 12.4. The maximum absolute atomic E-state index is 13.0. The molecule has 4 rings (SSSR count). The molecule has 0 saturated carbocycles. The van der Waals surface area contributed by atoms with Crippen LogP contribution in [0.1, 0.15) is 5.56 Å². The largest absolute Gasteiger partial charge is 0.493 e. The van der Waals surface area contributed by atoms with Gasteiger partial charge in [-0.2, -0.15) is 0 Å². The molecule has 0 aliphatic rings. The molecule has 0 spiro atoms. The fourth-order valence-corrected chi connectivity index (χ4v) is 6.36. The molecule has 6 nitrogen and oxygen atoms in total. The van der Waals surface area contributed by atoms with Crippen LogP contribution >= 0.6 is 22.7 Å². The number of fused-ring (bicyclic) bond motifs is 1. The number of rotatable bonds is 6. The van der Waals surface area contributed by atoms with E-state index in [1.807, 2.05) is 36.6 Å². The molecule has 29 heavy (non-hydrogen) atoms. The summed E-state index contributed by atoms with van der Waals surface area (Å²) >= 11 is 2.88. The van der Waals surface area contributed by atoms with Gasteiger partial charge in [0.25, 0.3) is 10.0 Å². The number of thiazole rings is 1. The van der Waals surface area contributed by atoms with Crippen LogP contribution in [0.15, 0.2) is 52.7 Å². The van der Waals surface area contributed by atoms with Gasteiger partial charge >= 0.3 is 0 Å². The van der Waals surface area contributed by atoms with Gasteiger partial charge in [-0.1, -0.05) is 12.1 Å². The molecule has 0 amide bonds. The number of hydrogen-bond donors (Lipinski definition) is 1. The molecule has 1 N–H and O–H groups in total. The monoisotopic (exact) mass is 446 g/mol. The van der Waals surface area contributed by atoms with Crippen LogP contribution in [0.5, 0.6) is 11.5 Å². The van der Waals surface area contributed by atoms with Crippen LogP contribution in [-0.2, 0) is 10.0 Å². The minimum absolute atomic E-state index is 0.0939. The zero-order valence-corrected chi connectivity index (χ0v) is 18.4. The smallest absolute Gasteiger partial charge is 0.262 e. The summed E-state index contributed by atoms with van der Waals surface area (Å²) in [5, 5.41) is 3.25. The van der Waals surface area contributed by atoms with Crippen LogP contribution < -0.4 is 14.2 Å². The van der Waals surface area contributed by atoms with E-state index in [0.29, 0.717) is 16.5 Å². The lowest BCUT2D eigenvalue weighted by atomic mass is 10.2. The Morgan fingerprint density at radius 2 is 1.79 bits per heavy atom. The van der Waals surface area contributed by atoms with Crippen LogP contribution in [0.4, 0.5) is 5.00 Å². The molecular formula is C20H18N2O4S3. The van der Waals surface area contributed by atoms with Crippen molar-refractivity contribution in [2.45, 2.75) is 11.8 Å². The Kier molecular flexibility index (Phi) is 5.20. The first-order chi connectivity index (χ1) is 13.9. The number of sulfonamides is 1. The molecule has 2 aromatic heterocycles. The number of methoxy groups -OCH3 is 2. The molecule has 0 saturated heterocycles. The summed E-state index contributed by atoms with van der Waals surface area (Å²) in [7, 11) is -0.846. The van der Waals surface area contributed by atoms with Crippen molar-refractivity contribution in [1.82, 2.24) is 4.98 Å². The fraction of sp³-hybridized carbons (Fsp3) is 0.150. The number of para-hydroxylation sites is 1. The van der Waals surface area contributed by atoms with Crippen molar-refractivity contribution in [3.8, 4) is 22.1 Å². The average molecular weight is 447 g/mol. The van der Waals surface area contributed by atoms with Crippen LogP contribution in [0.25, 0.3) is 20.8 Å². The van der Waals surface area contributed by atoms with Crippen LogP contribution in [0.2, 0.25) is 0 Å². The number of aryl methyl sites for hydroxylation is 1. The molecular weight excluding hydrogens is 428 g/mol. The number of aromatic nitrogens is 1. The van der Waals surface area contributed by atoms with Crippen molar-refractivity contribution in [1.29, 1.82) is 0 Å². The zero-order chi connectivity index (χ0) is 20.6. The van der Waals surface area contributed by atoms with Gasteiger partial charge in [-0.25, -0.2) is 13.4 Å². The van der Waals surface area contributed by atoms with Gasteiger partial charge in [0.1, 0.15) is 10.0 Å². The highest BCUT2D eigenvalue weighted by Gasteiger charge is 2.22. The first-order valence-corrected chi connectivity index (χ1v) is 11.8. The van der Waals surface area contributed by atoms with Gasteiger partial charge in [0, 0.05) is 11.6 Å². The summed E-state index contributed by atoms with van der Waals surface area (Å²) in [6.07, 6.45) is 0. The molecule has 2 aromatic carbocycles. The normalized spacial score (nSPS) is 11.6. The van der Waals surface area contributed by atoms with E-state index in [4.69, 9.17) is 9.47 Å². The van der Waals surface area contributed by atoms with E-state index >= 15 is 0 Å². The summed E-state index contributed by atoms with van der Waals surface area (Å²) in [5.74, 6) is 0.817. The molecule has 2 heterocycles. The topological polar surface area (TPSA) is 77.5 Å². The molecule has 9 heteroatoms. The van der Waals surface area contributed by atoms with Crippen LogP contribution in [0, 0.1) is 6.92 Å². The molecule has 0 atom stereocenters. The predicted octanol–water partition coefficient (Wildman–Crippen LogP) is 5.15. The summed E-state index contributed by atoms with van der Waals surface area (Å²) < 4.78 is 40.2. The molecule has 0 fully saturated rings. The number of thiophene rings is 1. The highest BCUT2D eigenvalue weighted by Crippen LogP contribution is 2.41. The maximum Gasteiger partial charge on any atom is 0.262 e. The van der Waals surface area contributed by atoms with Crippen molar-refractivity contribution in [3.63, 3.8) is 0 Å². The molecule has 0 radical (unpaired) electrons. The molecule has 4 aromatic rings. The van der Waals surface area contributed by atoms with E-state index in [0.717, 1.165) is 26.4 Å². The lowest BCUT2D eigenvalue weighted by molar-refractivity contribution is 0.354. The lowest BCUT2D eigenvalue weighted by Crippen LogP contribution is -2.13. The van der Waals surface area contributed by atoms with E-state index in [2.05, 4.69) is 9.71 Å². The number of nitrogens with one attached hydrogen (secondary N) is 1. The minimum atomic E-state index is -3.82. The average Bonchev–Trinajstić information content (AvgIpc) is 3.29. The summed E-state index contributed by atoms with van der Waals surface area (Å²) in [4.78, 5) is 4.78. The van der Waals surface area contributed by atoms with Crippen molar-refractivity contribution in [3.05, 3.63) is 53.4 Å². The number of nitrogens with zero attached hydrogens (tertiary/aromatic N) is 1.